The zero-order valence-electron chi connectivity index (χ0n) is 22.7. The molecule has 3 heterocycles. The van der Waals surface area contributed by atoms with Gasteiger partial charge in [0, 0.05) is 29.9 Å². The molecule has 7 rings (SSSR count). The van der Waals surface area contributed by atoms with E-state index in [0.717, 1.165) is 18.4 Å². The molecule has 2 saturated heterocycles. The molecule has 39 heavy (non-hydrogen) atoms. The van der Waals surface area contributed by atoms with Crippen molar-refractivity contribution in [3.8, 4) is 0 Å². The van der Waals surface area contributed by atoms with E-state index in [9.17, 15) is 30.3 Å². The molecule has 218 valence electrons. The van der Waals surface area contributed by atoms with E-state index in [4.69, 9.17) is 18.9 Å². The maximum absolute atomic E-state index is 12.5. The number of aliphatic hydroxyl groups is 5. The summed E-state index contributed by atoms with van der Waals surface area (Å²) in [5, 5.41) is 57.3. The van der Waals surface area contributed by atoms with Crippen LogP contribution in [-0.2, 0) is 23.7 Å². The van der Waals surface area contributed by atoms with Gasteiger partial charge in [-0.05, 0) is 81.1 Å². The SMILES string of the molecule is C[C@@H]1C[C@@H](O)[C@]2(O)O[C@@H]3CC4(CO)C5C[C@@H](O)[C@]6(C)[C@@H](C7=CC(=O)OC7)CC[C@]6(O)C5CC[C@H]4C[C@H]3O[C@@H]2O1. The van der Waals surface area contributed by atoms with Crippen LogP contribution in [0.4, 0.5) is 0 Å². The average Bonchev–Trinajstić information content (AvgIpc) is 3.44. The third-order valence-corrected chi connectivity index (χ3v) is 12.4. The maximum Gasteiger partial charge on any atom is 0.331 e. The van der Waals surface area contributed by atoms with E-state index >= 15 is 0 Å². The Balaban J connectivity index is 1.20. The molecule has 7 aliphatic rings. The lowest BCUT2D eigenvalue weighted by atomic mass is 9.42. The molecular formula is C29H42O10. The molecule has 0 radical (unpaired) electrons. The van der Waals surface area contributed by atoms with Crippen molar-refractivity contribution in [1.29, 1.82) is 0 Å². The van der Waals surface area contributed by atoms with Gasteiger partial charge in [0.05, 0.1) is 30.0 Å². The largest absolute Gasteiger partial charge is 0.458 e. The summed E-state index contributed by atoms with van der Waals surface area (Å²) >= 11 is 0. The van der Waals surface area contributed by atoms with E-state index in [1.807, 2.05) is 13.8 Å². The first-order valence-corrected chi connectivity index (χ1v) is 14.7. The van der Waals surface area contributed by atoms with Gasteiger partial charge in [-0.3, -0.25) is 0 Å². The predicted molar refractivity (Wildman–Crippen MR) is 134 cm³/mol. The fourth-order valence-electron chi connectivity index (χ4n) is 10.4. The molecule has 3 unspecified atom stereocenters. The predicted octanol–water partition coefficient (Wildman–Crippen LogP) is 0.765. The topological polar surface area (TPSA) is 155 Å². The number of aliphatic hydroxyl groups excluding tert-OH is 3. The number of cyclic esters (lactones) is 1. The number of esters is 1. The minimum absolute atomic E-state index is 0.0895. The second-order valence-corrected chi connectivity index (χ2v) is 13.8. The third kappa shape index (κ3) is 3.40. The minimum atomic E-state index is -1.98. The van der Waals surface area contributed by atoms with Gasteiger partial charge in [0.1, 0.15) is 12.7 Å². The molecule has 0 aromatic heterocycles. The van der Waals surface area contributed by atoms with Crippen LogP contribution in [0.15, 0.2) is 11.6 Å². The van der Waals surface area contributed by atoms with Crippen LogP contribution in [0.5, 0.6) is 0 Å². The highest BCUT2D eigenvalue weighted by atomic mass is 16.8. The summed E-state index contributed by atoms with van der Waals surface area (Å²) < 4.78 is 23.5. The van der Waals surface area contributed by atoms with Crippen molar-refractivity contribution in [3.63, 3.8) is 0 Å². The van der Waals surface area contributed by atoms with Crippen molar-refractivity contribution < 1.29 is 49.3 Å². The molecule has 4 saturated carbocycles. The van der Waals surface area contributed by atoms with Crippen LogP contribution < -0.4 is 0 Å². The first-order chi connectivity index (χ1) is 18.5. The van der Waals surface area contributed by atoms with E-state index in [-0.39, 0.29) is 61.5 Å². The molecule has 10 heteroatoms. The third-order valence-electron chi connectivity index (χ3n) is 12.4. The molecule has 14 atom stereocenters. The Hall–Kier alpha value is -1.11. The zero-order valence-corrected chi connectivity index (χ0v) is 22.7. The quantitative estimate of drug-likeness (QED) is 0.246. The molecule has 0 aromatic carbocycles. The van der Waals surface area contributed by atoms with Gasteiger partial charge >= 0.3 is 5.97 Å². The van der Waals surface area contributed by atoms with Crippen molar-refractivity contribution in [2.24, 2.45) is 34.5 Å². The van der Waals surface area contributed by atoms with Crippen LogP contribution in [0, 0.1) is 34.5 Å². The molecule has 3 aliphatic heterocycles. The van der Waals surface area contributed by atoms with E-state index in [1.165, 1.54) is 6.08 Å². The summed E-state index contributed by atoms with van der Waals surface area (Å²) in [6.45, 7) is 3.87. The molecule has 0 aromatic rings. The molecule has 0 bridgehead atoms. The number of rotatable bonds is 2. The second kappa shape index (κ2) is 8.70. The van der Waals surface area contributed by atoms with E-state index in [1.54, 1.807) is 0 Å². The van der Waals surface area contributed by atoms with Crippen LogP contribution in [0.3, 0.4) is 0 Å². The van der Waals surface area contributed by atoms with Crippen molar-refractivity contribution in [1.82, 2.24) is 0 Å². The summed E-state index contributed by atoms with van der Waals surface area (Å²) in [4.78, 5) is 11.8. The monoisotopic (exact) mass is 550 g/mol. The lowest BCUT2D eigenvalue weighted by Gasteiger charge is -2.66. The van der Waals surface area contributed by atoms with E-state index in [0.29, 0.717) is 32.1 Å². The highest BCUT2D eigenvalue weighted by Gasteiger charge is 2.72. The van der Waals surface area contributed by atoms with Crippen molar-refractivity contribution in [2.45, 2.75) is 113 Å². The first kappa shape index (κ1) is 26.8. The number of carbonyl (C=O) groups excluding carboxylic acids is 1. The van der Waals surface area contributed by atoms with Crippen molar-refractivity contribution >= 4 is 5.97 Å². The Labute approximate surface area is 228 Å². The summed E-state index contributed by atoms with van der Waals surface area (Å²) in [5.74, 6) is -2.72. The van der Waals surface area contributed by atoms with Crippen LogP contribution in [0.1, 0.15) is 65.2 Å². The van der Waals surface area contributed by atoms with Gasteiger partial charge in [0.25, 0.3) is 0 Å². The Morgan fingerprint density at radius 2 is 1.79 bits per heavy atom. The molecule has 10 nitrogen and oxygen atoms in total. The minimum Gasteiger partial charge on any atom is -0.458 e. The lowest BCUT2D eigenvalue weighted by molar-refractivity contribution is -0.459. The van der Waals surface area contributed by atoms with Crippen LogP contribution in [0.25, 0.3) is 0 Å². The van der Waals surface area contributed by atoms with Crippen molar-refractivity contribution in [3.05, 3.63) is 11.6 Å². The Morgan fingerprint density at radius 3 is 2.51 bits per heavy atom. The average molecular weight is 551 g/mol. The summed E-state index contributed by atoms with van der Waals surface area (Å²) in [6.07, 6.45) is 1.65. The van der Waals surface area contributed by atoms with Gasteiger partial charge in [0.15, 0.2) is 0 Å². The number of ether oxygens (including phenoxy) is 4. The van der Waals surface area contributed by atoms with E-state index in [2.05, 4.69) is 0 Å². The summed E-state index contributed by atoms with van der Waals surface area (Å²) in [5.41, 5.74) is -1.78. The Bertz CT molecular complexity index is 1060. The Morgan fingerprint density at radius 1 is 1.00 bits per heavy atom. The summed E-state index contributed by atoms with van der Waals surface area (Å²) in [7, 11) is 0. The lowest BCUT2D eigenvalue weighted by Crippen LogP contribution is -2.72. The molecule has 5 N–H and O–H groups in total. The highest BCUT2D eigenvalue weighted by Crippen LogP contribution is 2.70. The van der Waals surface area contributed by atoms with Crippen molar-refractivity contribution in [2.75, 3.05) is 13.2 Å². The number of hydrogen-bond acceptors (Lipinski definition) is 10. The fraction of sp³-hybridized carbons (Fsp3) is 0.897. The fourth-order valence-corrected chi connectivity index (χ4v) is 10.4. The summed E-state index contributed by atoms with van der Waals surface area (Å²) in [6, 6.07) is 0. The standard InChI is InChI=1S/C29H42O10/c1-14-7-23(32)29(35)25(37-14)38-20-9-16-3-4-18-19(27(16,13-30)11-21(20)39-29)10-22(31)26(2)17(5-6-28(18,26)34)15-8-24(33)36-12-15/h8,14,16-23,25,30-32,34-35H,3-7,9-13H2,1-2H3/t14-,16+,17-,18?,19?,20-,21-,22-,23-,25+,26+,27?,28+,29+/m1/s1. The van der Waals surface area contributed by atoms with Crippen LogP contribution >= 0.6 is 0 Å². The molecular weight excluding hydrogens is 508 g/mol. The maximum atomic E-state index is 12.5. The van der Waals surface area contributed by atoms with E-state index < -0.39 is 46.8 Å². The van der Waals surface area contributed by atoms with Gasteiger partial charge in [-0.25, -0.2) is 4.79 Å². The van der Waals surface area contributed by atoms with Gasteiger partial charge in [0.2, 0.25) is 12.1 Å². The van der Waals surface area contributed by atoms with Gasteiger partial charge in [-0.15, -0.1) is 0 Å². The normalized spacial score (nSPS) is 58.3. The van der Waals surface area contributed by atoms with Crippen LogP contribution in [-0.4, -0.2) is 92.9 Å². The highest BCUT2D eigenvalue weighted by molar-refractivity contribution is 5.85. The molecule has 0 amide bonds. The van der Waals surface area contributed by atoms with Crippen LogP contribution in [0.2, 0.25) is 0 Å². The molecule has 4 aliphatic carbocycles. The molecule has 0 spiro atoms. The molecule has 6 fully saturated rings. The second-order valence-electron chi connectivity index (χ2n) is 13.8. The van der Waals surface area contributed by atoms with Gasteiger partial charge < -0.3 is 44.5 Å². The number of hydrogen-bond donors (Lipinski definition) is 5. The number of carbonyl (C=O) groups is 1. The van der Waals surface area contributed by atoms with Gasteiger partial charge in [-0.2, -0.15) is 0 Å². The first-order valence-electron chi connectivity index (χ1n) is 14.7. The smallest absolute Gasteiger partial charge is 0.331 e. The zero-order chi connectivity index (χ0) is 27.5. The number of fused-ring (bicyclic) bond motifs is 7. The Kier molecular flexibility index (Phi) is 5.97. The van der Waals surface area contributed by atoms with Gasteiger partial charge in [-0.1, -0.05) is 6.92 Å².